The fourth-order valence-corrected chi connectivity index (χ4v) is 3.73. The first-order chi connectivity index (χ1) is 9.54. The first kappa shape index (κ1) is 17.3. The number of ether oxygens (including phenoxy) is 1. The standard InChI is InChI=1S/C14H20O4S2/c1-4-18-14(17)13-9(7-12(16)20-6-3)11(19-5-2)8-10(13)15/h8-9,13H,4-7H2,1-3H3/t9-,13+/m1/s1. The number of thioether (sulfide) groups is 2. The molecule has 4 nitrogen and oxygen atoms in total. The van der Waals surface area contributed by atoms with Gasteiger partial charge in [0.15, 0.2) is 10.9 Å². The fourth-order valence-electron chi connectivity index (χ4n) is 2.15. The van der Waals surface area contributed by atoms with Crippen LogP contribution in [0.1, 0.15) is 27.2 Å². The summed E-state index contributed by atoms with van der Waals surface area (Å²) in [5, 5.41) is 0.0177. The summed E-state index contributed by atoms with van der Waals surface area (Å²) in [7, 11) is 0. The molecule has 0 bridgehead atoms. The number of carbonyl (C=O) groups is 3. The Morgan fingerprint density at radius 2 is 1.95 bits per heavy atom. The Morgan fingerprint density at radius 3 is 2.50 bits per heavy atom. The van der Waals surface area contributed by atoms with Gasteiger partial charge in [-0.15, -0.1) is 11.8 Å². The number of allylic oxidation sites excluding steroid dienone is 2. The van der Waals surface area contributed by atoms with Gasteiger partial charge in [0.1, 0.15) is 5.92 Å². The lowest BCUT2D eigenvalue weighted by molar-refractivity contribution is -0.151. The smallest absolute Gasteiger partial charge is 0.317 e. The van der Waals surface area contributed by atoms with Gasteiger partial charge in [0.05, 0.1) is 6.61 Å². The Balaban J connectivity index is 2.88. The van der Waals surface area contributed by atoms with E-state index in [9.17, 15) is 14.4 Å². The Morgan fingerprint density at radius 1 is 1.25 bits per heavy atom. The zero-order valence-corrected chi connectivity index (χ0v) is 13.6. The van der Waals surface area contributed by atoms with E-state index in [4.69, 9.17) is 4.74 Å². The van der Waals surface area contributed by atoms with Gasteiger partial charge in [-0.2, -0.15) is 0 Å². The summed E-state index contributed by atoms with van der Waals surface area (Å²) in [5.41, 5.74) is 0. The molecule has 1 aliphatic rings. The maximum Gasteiger partial charge on any atom is 0.317 e. The molecule has 0 aromatic carbocycles. The van der Waals surface area contributed by atoms with Gasteiger partial charge < -0.3 is 4.74 Å². The molecule has 0 heterocycles. The van der Waals surface area contributed by atoms with Crippen LogP contribution in [0.2, 0.25) is 0 Å². The minimum absolute atomic E-state index is 0.0177. The van der Waals surface area contributed by atoms with Gasteiger partial charge >= 0.3 is 5.97 Å². The number of hydrogen-bond acceptors (Lipinski definition) is 6. The van der Waals surface area contributed by atoms with Crippen LogP contribution >= 0.6 is 23.5 Å². The molecule has 0 unspecified atom stereocenters. The fraction of sp³-hybridized carbons (Fsp3) is 0.643. The average molecular weight is 316 g/mol. The maximum absolute atomic E-state index is 12.0. The Kier molecular flexibility index (Phi) is 7.37. The first-order valence-corrected chi connectivity index (χ1v) is 8.72. The number of ketones is 1. The van der Waals surface area contributed by atoms with Gasteiger partial charge in [-0.05, 0) is 29.4 Å². The molecule has 6 heteroatoms. The van der Waals surface area contributed by atoms with E-state index in [1.54, 1.807) is 6.92 Å². The highest BCUT2D eigenvalue weighted by molar-refractivity contribution is 8.13. The maximum atomic E-state index is 12.0. The molecule has 0 saturated carbocycles. The highest BCUT2D eigenvalue weighted by atomic mass is 32.2. The van der Waals surface area contributed by atoms with Crippen molar-refractivity contribution in [3.05, 3.63) is 11.0 Å². The summed E-state index contributed by atoms with van der Waals surface area (Å²) >= 11 is 2.75. The molecule has 1 aliphatic carbocycles. The summed E-state index contributed by atoms with van der Waals surface area (Å²) in [6.07, 6.45) is 1.72. The second-order valence-electron chi connectivity index (χ2n) is 4.23. The molecular formula is C14H20O4S2. The van der Waals surface area contributed by atoms with Crippen LogP contribution in [0.15, 0.2) is 11.0 Å². The molecule has 2 atom stereocenters. The van der Waals surface area contributed by atoms with E-state index in [0.717, 1.165) is 10.7 Å². The Hall–Kier alpha value is -0.750. The van der Waals surface area contributed by atoms with E-state index in [0.29, 0.717) is 5.75 Å². The van der Waals surface area contributed by atoms with Crippen LogP contribution in [0.4, 0.5) is 0 Å². The highest BCUT2D eigenvalue weighted by Gasteiger charge is 2.43. The summed E-state index contributed by atoms with van der Waals surface area (Å²) in [6, 6.07) is 0. The molecule has 1 rings (SSSR count). The van der Waals surface area contributed by atoms with Crippen molar-refractivity contribution in [1.29, 1.82) is 0 Å². The van der Waals surface area contributed by atoms with E-state index in [1.807, 2.05) is 13.8 Å². The molecule has 0 saturated heterocycles. The predicted octanol–water partition coefficient (Wildman–Crippen LogP) is 2.67. The summed E-state index contributed by atoms with van der Waals surface area (Å²) in [6.45, 7) is 5.83. The van der Waals surface area contributed by atoms with Gasteiger partial charge in [0.25, 0.3) is 0 Å². The SMILES string of the molecule is CCOC(=O)[C@@H]1C(=O)C=C(SCC)[C@H]1CC(=O)SCC. The zero-order valence-electron chi connectivity index (χ0n) is 12.0. The van der Waals surface area contributed by atoms with Crippen molar-refractivity contribution in [3.63, 3.8) is 0 Å². The van der Waals surface area contributed by atoms with E-state index in [2.05, 4.69) is 0 Å². The van der Waals surface area contributed by atoms with Gasteiger partial charge in [0.2, 0.25) is 0 Å². The molecule has 0 aliphatic heterocycles. The molecule has 20 heavy (non-hydrogen) atoms. The topological polar surface area (TPSA) is 60.4 Å². The largest absolute Gasteiger partial charge is 0.465 e. The van der Waals surface area contributed by atoms with Crippen LogP contribution in [0.25, 0.3) is 0 Å². The molecule has 0 N–H and O–H groups in total. The van der Waals surface area contributed by atoms with Gasteiger partial charge in [-0.1, -0.05) is 25.6 Å². The number of esters is 1. The molecule has 0 aromatic heterocycles. The average Bonchev–Trinajstić information content (AvgIpc) is 2.66. The van der Waals surface area contributed by atoms with Crippen molar-refractivity contribution in [2.75, 3.05) is 18.1 Å². The highest BCUT2D eigenvalue weighted by Crippen LogP contribution is 2.40. The normalized spacial score (nSPS) is 21.8. The molecule has 0 spiro atoms. The summed E-state index contributed by atoms with van der Waals surface area (Å²) in [5.74, 6) is -0.439. The number of rotatable bonds is 7. The van der Waals surface area contributed by atoms with Crippen molar-refractivity contribution in [1.82, 2.24) is 0 Å². The van der Waals surface area contributed by atoms with Crippen molar-refractivity contribution in [2.45, 2.75) is 27.2 Å². The zero-order chi connectivity index (χ0) is 15.1. The van der Waals surface area contributed by atoms with Crippen molar-refractivity contribution in [2.24, 2.45) is 11.8 Å². The molecule has 0 amide bonds. The third-order valence-corrected chi connectivity index (χ3v) is 4.72. The minimum atomic E-state index is -0.842. The van der Waals surface area contributed by atoms with Crippen molar-refractivity contribution < 1.29 is 19.1 Å². The lowest BCUT2D eigenvalue weighted by Crippen LogP contribution is -2.29. The first-order valence-electron chi connectivity index (χ1n) is 6.75. The lowest BCUT2D eigenvalue weighted by Gasteiger charge is -2.19. The Bertz CT molecular complexity index is 417. The Labute approximate surface area is 128 Å². The van der Waals surface area contributed by atoms with Crippen LogP contribution in [0.5, 0.6) is 0 Å². The van der Waals surface area contributed by atoms with Crippen LogP contribution < -0.4 is 0 Å². The van der Waals surface area contributed by atoms with E-state index in [-0.39, 0.29) is 29.8 Å². The lowest BCUT2D eigenvalue weighted by atomic mass is 9.92. The van der Waals surface area contributed by atoms with Crippen LogP contribution in [0, 0.1) is 11.8 Å². The summed E-state index contributed by atoms with van der Waals surface area (Å²) < 4.78 is 4.97. The molecular weight excluding hydrogens is 296 g/mol. The molecule has 0 aromatic rings. The number of hydrogen-bond donors (Lipinski definition) is 0. The monoisotopic (exact) mass is 316 g/mol. The third kappa shape index (κ3) is 4.38. The van der Waals surface area contributed by atoms with E-state index in [1.165, 1.54) is 29.6 Å². The van der Waals surface area contributed by atoms with Crippen LogP contribution in [-0.4, -0.2) is 35.0 Å². The molecule has 0 fully saturated rings. The van der Waals surface area contributed by atoms with Crippen molar-refractivity contribution >= 4 is 40.4 Å². The van der Waals surface area contributed by atoms with Gasteiger partial charge in [0, 0.05) is 12.3 Å². The summed E-state index contributed by atoms with van der Waals surface area (Å²) in [4.78, 5) is 36.6. The van der Waals surface area contributed by atoms with Crippen LogP contribution in [0.3, 0.4) is 0 Å². The van der Waals surface area contributed by atoms with Gasteiger partial charge in [-0.3, -0.25) is 14.4 Å². The van der Waals surface area contributed by atoms with E-state index < -0.39 is 11.9 Å². The van der Waals surface area contributed by atoms with Gasteiger partial charge in [-0.25, -0.2) is 0 Å². The quantitative estimate of drug-likeness (QED) is 0.531. The molecule has 112 valence electrons. The van der Waals surface area contributed by atoms with Crippen molar-refractivity contribution in [3.8, 4) is 0 Å². The number of carbonyl (C=O) groups excluding carboxylic acids is 3. The second-order valence-corrected chi connectivity index (χ2v) is 6.89. The van der Waals surface area contributed by atoms with Crippen LogP contribution in [-0.2, 0) is 19.1 Å². The minimum Gasteiger partial charge on any atom is -0.465 e. The van der Waals surface area contributed by atoms with E-state index >= 15 is 0 Å². The molecule has 0 radical (unpaired) electrons. The second kappa shape index (κ2) is 8.52. The predicted molar refractivity (Wildman–Crippen MR) is 82.6 cm³/mol. The third-order valence-electron chi connectivity index (χ3n) is 2.90.